The molecule has 5 amide bonds. The maximum absolute atomic E-state index is 14.3. The Morgan fingerprint density at radius 1 is 0.975 bits per heavy atom. The summed E-state index contributed by atoms with van der Waals surface area (Å²) >= 11 is 0. The average molecular weight is 561 g/mol. The number of carbonyl (C=O) groups is 5. The molecule has 224 valence electrons. The molecule has 4 atom stereocenters. The van der Waals surface area contributed by atoms with E-state index in [9.17, 15) is 24.0 Å². The number of urea groups is 1. The van der Waals surface area contributed by atoms with E-state index < -0.39 is 52.7 Å². The molecule has 40 heavy (non-hydrogen) atoms. The first-order valence-electron chi connectivity index (χ1n) is 14.6. The minimum Gasteiger partial charge on any atom is -0.363 e. The van der Waals surface area contributed by atoms with Gasteiger partial charge in [-0.25, -0.2) is 4.79 Å². The van der Waals surface area contributed by atoms with Gasteiger partial charge in [0.05, 0.1) is 6.04 Å². The molecule has 5 N–H and O–H groups in total. The van der Waals surface area contributed by atoms with E-state index in [1.54, 1.807) is 4.90 Å². The van der Waals surface area contributed by atoms with Gasteiger partial charge in [0.25, 0.3) is 5.91 Å². The van der Waals surface area contributed by atoms with E-state index in [0.29, 0.717) is 19.4 Å². The van der Waals surface area contributed by atoms with Crippen LogP contribution in [0.15, 0.2) is 0 Å². The van der Waals surface area contributed by atoms with Crippen LogP contribution in [-0.2, 0) is 19.2 Å². The zero-order valence-corrected chi connectivity index (χ0v) is 25.2. The van der Waals surface area contributed by atoms with E-state index in [4.69, 9.17) is 5.73 Å². The van der Waals surface area contributed by atoms with Crippen molar-refractivity contribution in [2.24, 2.45) is 22.5 Å². The highest BCUT2D eigenvalue weighted by Gasteiger charge is 2.73. The van der Waals surface area contributed by atoms with Gasteiger partial charge < -0.3 is 26.6 Å². The lowest BCUT2D eigenvalue weighted by atomic mass is 9.69. The van der Waals surface area contributed by atoms with Crippen molar-refractivity contribution in [1.29, 1.82) is 0 Å². The van der Waals surface area contributed by atoms with Crippen LogP contribution in [-0.4, -0.2) is 88.7 Å². The number of hydrogen-bond donors (Lipinski definition) is 4. The largest absolute Gasteiger partial charge is 0.363 e. The first-order chi connectivity index (χ1) is 18.4. The number of hydrogen-bond acceptors (Lipinski definition) is 6. The molecule has 4 fully saturated rings. The zero-order chi connectivity index (χ0) is 29.8. The molecule has 0 aromatic rings. The molecule has 0 bridgehead atoms. The SMILES string of the molecule is CN1CC2(CC2)C12C[C@@H](C(=O)NC(CC1CCC1)C(=O)C(N)=O)N(C(=O)[C@@H](NC(=O)NC(C)(C)C)C(C)(C)C)C2. The average Bonchev–Trinajstić information content (AvgIpc) is 3.47. The van der Waals surface area contributed by atoms with Crippen LogP contribution in [0.25, 0.3) is 0 Å². The van der Waals surface area contributed by atoms with Gasteiger partial charge in [-0.05, 0) is 64.8 Å². The van der Waals surface area contributed by atoms with Gasteiger partial charge in [0, 0.05) is 29.6 Å². The summed E-state index contributed by atoms with van der Waals surface area (Å²) in [5.41, 5.74) is 3.95. The Morgan fingerprint density at radius 3 is 2.05 bits per heavy atom. The van der Waals surface area contributed by atoms with Gasteiger partial charge in [0.1, 0.15) is 12.1 Å². The molecule has 2 unspecified atom stereocenters. The minimum atomic E-state index is -1.07. The van der Waals surface area contributed by atoms with Crippen molar-refractivity contribution in [3.8, 4) is 0 Å². The Morgan fingerprint density at radius 2 is 1.60 bits per heavy atom. The van der Waals surface area contributed by atoms with Crippen molar-refractivity contribution in [3.63, 3.8) is 0 Å². The summed E-state index contributed by atoms with van der Waals surface area (Å²) in [6.45, 7) is 12.5. The smallest absolute Gasteiger partial charge is 0.315 e. The number of nitrogens with one attached hydrogen (secondary N) is 3. The summed E-state index contributed by atoms with van der Waals surface area (Å²) in [7, 11) is 2.03. The quantitative estimate of drug-likeness (QED) is 0.328. The second-order valence-electron chi connectivity index (χ2n) is 14.8. The number of nitrogens with zero attached hydrogens (tertiary/aromatic N) is 2. The van der Waals surface area contributed by atoms with Gasteiger partial charge in [0.15, 0.2) is 0 Å². The van der Waals surface area contributed by atoms with Gasteiger partial charge in [0.2, 0.25) is 17.6 Å². The van der Waals surface area contributed by atoms with Crippen molar-refractivity contribution < 1.29 is 24.0 Å². The number of likely N-dealkylation sites (tertiary alicyclic amines) is 2. The van der Waals surface area contributed by atoms with Crippen LogP contribution in [0.1, 0.15) is 86.5 Å². The Balaban J connectivity index is 1.61. The topological polar surface area (TPSA) is 154 Å². The van der Waals surface area contributed by atoms with Gasteiger partial charge in [-0.2, -0.15) is 0 Å². The highest BCUT2D eigenvalue weighted by molar-refractivity contribution is 6.37. The van der Waals surface area contributed by atoms with Crippen LogP contribution in [0.3, 0.4) is 0 Å². The number of nitrogens with two attached hydrogens (primary N) is 1. The van der Waals surface area contributed by atoms with E-state index in [2.05, 4.69) is 20.9 Å². The molecule has 2 saturated carbocycles. The molecular formula is C29H48N6O5. The Labute approximate surface area is 237 Å². The summed E-state index contributed by atoms with van der Waals surface area (Å²) in [5.74, 6) is -2.41. The molecule has 11 heteroatoms. The lowest BCUT2D eigenvalue weighted by Gasteiger charge is -2.57. The van der Waals surface area contributed by atoms with E-state index in [-0.39, 0.29) is 22.8 Å². The standard InChI is InChI=1S/C29H48N6O5/c1-26(2,3)21(32-25(40)33-27(4,5)6)24(39)35-16-29(28(11-12-28)15-34(29)7)14-19(35)23(38)31-18(20(36)22(30)37)13-17-9-8-10-17/h17-19,21H,8-16H2,1-7H3,(H2,30,37)(H,31,38)(H2,32,33,40)/t18?,19-,21+,29?/m0/s1. The van der Waals surface area contributed by atoms with E-state index in [0.717, 1.165) is 38.6 Å². The van der Waals surface area contributed by atoms with Crippen molar-refractivity contribution >= 4 is 29.5 Å². The monoisotopic (exact) mass is 560 g/mol. The van der Waals surface area contributed by atoms with Crippen molar-refractivity contribution in [2.45, 2.75) is 116 Å². The van der Waals surface area contributed by atoms with Crippen LogP contribution in [0, 0.1) is 16.7 Å². The molecule has 4 rings (SSSR count). The third kappa shape index (κ3) is 5.71. The summed E-state index contributed by atoms with van der Waals surface area (Å²) in [6, 6.07) is -3.19. The molecule has 2 spiro atoms. The zero-order valence-electron chi connectivity index (χ0n) is 25.2. The number of likely N-dealkylation sites (N-methyl/N-ethyl adjacent to an activating group) is 1. The number of Topliss-reactive ketones (excluding diaryl/α,β-unsaturated/α-hetero) is 1. The molecule has 2 saturated heterocycles. The number of amides is 5. The molecule has 2 aliphatic carbocycles. The molecule has 0 aromatic carbocycles. The number of ketones is 1. The van der Waals surface area contributed by atoms with E-state index in [1.807, 2.05) is 48.6 Å². The number of carbonyl (C=O) groups excluding carboxylic acids is 5. The third-order valence-corrected chi connectivity index (χ3v) is 9.58. The Kier molecular flexibility index (Phi) is 7.79. The first kappa shape index (κ1) is 30.3. The second-order valence-corrected chi connectivity index (χ2v) is 14.8. The van der Waals surface area contributed by atoms with E-state index >= 15 is 0 Å². The Bertz CT molecular complexity index is 1070. The Hall–Kier alpha value is -2.69. The molecule has 2 heterocycles. The highest BCUT2D eigenvalue weighted by Crippen LogP contribution is 2.67. The second kappa shape index (κ2) is 10.3. The summed E-state index contributed by atoms with van der Waals surface area (Å²) < 4.78 is 0. The minimum absolute atomic E-state index is 0.0813. The summed E-state index contributed by atoms with van der Waals surface area (Å²) in [5, 5.41) is 8.55. The number of primary amides is 1. The number of fused-ring (bicyclic) bond motifs is 1. The van der Waals surface area contributed by atoms with Gasteiger partial charge in [-0.15, -0.1) is 0 Å². The number of rotatable bonds is 8. The maximum atomic E-state index is 14.3. The lowest BCUT2D eigenvalue weighted by molar-refractivity contribution is -0.144. The molecule has 4 aliphatic rings. The van der Waals surface area contributed by atoms with Crippen molar-refractivity contribution in [1.82, 2.24) is 25.8 Å². The predicted octanol–water partition coefficient (Wildman–Crippen LogP) is 1.29. The highest BCUT2D eigenvalue weighted by atomic mass is 16.2. The molecular weight excluding hydrogens is 512 g/mol. The molecule has 11 nitrogen and oxygen atoms in total. The summed E-state index contributed by atoms with van der Waals surface area (Å²) in [6.07, 6.45) is 5.84. The maximum Gasteiger partial charge on any atom is 0.315 e. The molecule has 0 radical (unpaired) electrons. The molecule has 2 aliphatic heterocycles. The van der Waals surface area contributed by atoms with Crippen LogP contribution in [0.2, 0.25) is 0 Å². The van der Waals surface area contributed by atoms with Crippen LogP contribution < -0.4 is 21.7 Å². The lowest BCUT2D eigenvalue weighted by Crippen LogP contribution is -2.69. The first-order valence-corrected chi connectivity index (χ1v) is 14.6. The van der Waals surface area contributed by atoms with Crippen LogP contribution >= 0.6 is 0 Å². The normalized spacial score (nSPS) is 27.4. The fourth-order valence-electron chi connectivity index (χ4n) is 6.91. The van der Waals surface area contributed by atoms with Gasteiger partial charge >= 0.3 is 6.03 Å². The fourth-order valence-corrected chi connectivity index (χ4v) is 6.91. The van der Waals surface area contributed by atoms with Gasteiger partial charge in [-0.1, -0.05) is 40.0 Å². The van der Waals surface area contributed by atoms with Crippen molar-refractivity contribution in [2.75, 3.05) is 20.1 Å². The van der Waals surface area contributed by atoms with Gasteiger partial charge in [-0.3, -0.25) is 24.1 Å². The van der Waals surface area contributed by atoms with Crippen LogP contribution in [0.4, 0.5) is 4.79 Å². The predicted molar refractivity (Wildman–Crippen MR) is 150 cm³/mol. The molecule has 0 aromatic heterocycles. The third-order valence-electron chi connectivity index (χ3n) is 9.58. The summed E-state index contributed by atoms with van der Waals surface area (Å²) in [4.78, 5) is 69.4. The van der Waals surface area contributed by atoms with Crippen LogP contribution in [0.5, 0.6) is 0 Å². The van der Waals surface area contributed by atoms with E-state index in [1.165, 1.54) is 0 Å². The fraction of sp³-hybridized carbons (Fsp3) is 0.828. The van der Waals surface area contributed by atoms with Crippen molar-refractivity contribution in [3.05, 3.63) is 0 Å².